The molecule has 0 saturated heterocycles. The lowest BCUT2D eigenvalue weighted by Crippen LogP contribution is -2.59. The maximum atomic E-state index is 13.6. The van der Waals surface area contributed by atoms with Gasteiger partial charge in [0, 0.05) is 12.8 Å². The first kappa shape index (κ1) is 27.0. The van der Waals surface area contributed by atoms with Crippen molar-refractivity contribution in [3.05, 3.63) is 0 Å². The Morgan fingerprint density at radius 2 is 1.21 bits per heavy atom. The van der Waals surface area contributed by atoms with Gasteiger partial charge >= 0.3 is 36.3 Å². The molecule has 1 N–H and O–H groups in total. The smallest absolute Gasteiger partial charge is 0.374 e. The highest BCUT2D eigenvalue weighted by atomic mass is 19.4. The fraction of sp³-hybridized carbons (Fsp3) is 0.846. The number of rotatable bonds is 9. The third-order valence-corrected chi connectivity index (χ3v) is 3.77. The zero-order valence-electron chi connectivity index (χ0n) is 13.5. The van der Waals surface area contributed by atoms with Gasteiger partial charge < -0.3 is 5.11 Å². The average molecular weight is 456 g/mol. The Kier molecular flexibility index (Phi) is 7.50. The van der Waals surface area contributed by atoms with Crippen molar-refractivity contribution in [1.82, 2.24) is 0 Å². The molecule has 16 heteroatoms. The molecule has 0 radical (unpaired) electrons. The third-order valence-electron chi connectivity index (χ3n) is 3.77. The molecule has 0 aromatic heterocycles. The molecule has 0 spiro atoms. The highest BCUT2D eigenvalue weighted by Crippen LogP contribution is 2.52. The monoisotopic (exact) mass is 456 g/mol. The summed E-state index contributed by atoms with van der Waals surface area (Å²) in [7, 11) is 0. The number of hydrogen-bond acceptors (Lipinski definition) is 3. The Bertz CT molecular complexity index is 661. The predicted molar refractivity (Wildman–Crippen MR) is 65.4 cm³/mol. The molecule has 0 rings (SSSR count). The molecule has 0 aliphatic rings. The zero-order valence-corrected chi connectivity index (χ0v) is 13.5. The fourth-order valence-electron chi connectivity index (χ4n) is 1.88. The van der Waals surface area contributed by atoms with E-state index < -0.39 is 67.1 Å². The molecule has 3 nitrogen and oxygen atoms in total. The lowest BCUT2D eigenvalue weighted by Gasteiger charge is -2.35. The highest BCUT2D eigenvalue weighted by molar-refractivity contribution is 5.14. The number of halogens is 13. The van der Waals surface area contributed by atoms with Crippen LogP contribution >= 0.6 is 0 Å². The van der Waals surface area contributed by atoms with E-state index in [-0.39, 0.29) is 0 Å². The molecule has 0 aliphatic heterocycles. The standard InChI is InChI=1S/C13H9F13N2O/c14-7(15)11(20,21)12(22,23)10(18,19)3-6(4-27)8(29,5-28)1-2-9(16,17)13(24,25)26/h6-7,29H,1-3H2. The van der Waals surface area contributed by atoms with E-state index in [1.54, 1.807) is 0 Å². The molecule has 0 aromatic carbocycles. The summed E-state index contributed by atoms with van der Waals surface area (Å²) in [4.78, 5) is 0. The Hall–Kier alpha value is -1.97. The van der Waals surface area contributed by atoms with E-state index in [0.29, 0.717) is 12.1 Å². The first-order chi connectivity index (χ1) is 12.6. The quantitative estimate of drug-likeness (QED) is 0.396. The van der Waals surface area contributed by atoms with Crippen LogP contribution < -0.4 is 0 Å². The van der Waals surface area contributed by atoms with Gasteiger partial charge in [0.15, 0.2) is 5.60 Å². The van der Waals surface area contributed by atoms with Crippen molar-refractivity contribution in [3.8, 4) is 12.1 Å². The molecule has 2 atom stereocenters. The Morgan fingerprint density at radius 1 is 0.759 bits per heavy atom. The molecule has 0 heterocycles. The van der Waals surface area contributed by atoms with Crippen molar-refractivity contribution < 1.29 is 62.2 Å². The van der Waals surface area contributed by atoms with Crippen molar-refractivity contribution in [3.63, 3.8) is 0 Å². The maximum absolute atomic E-state index is 13.6. The Balaban J connectivity index is 5.83. The molecule has 0 aromatic rings. The van der Waals surface area contributed by atoms with Crippen molar-refractivity contribution in [2.75, 3.05) is 0 Å². The number of nitrogens with zero attached hydrogens (tertiary/aromatic N) is 2. The second-order valence-corrected chi connectivity index (χ2v) is 5.83. The van der Waals surface area contributed by atoms with E-state index in [1.807, 2.05) is 0 Å². The van der Waals surface area contributed by atoms with Gasteiger partial charge in [-0.1, -0.05) is 0 Å². The largest absolute Gasteiger partial charge is 0.453 e. The summed E-state index contributed by atoms with van der Waals surface area (Å²) in [6.45, 7) is 0. The van der Waals surface area contributed by atoms with Crippen molar-refractivity contribution >= 4 is 0 Å². The molecule has 0 amide bonds. The van der Waals surface area contributed by atoms with Crippen LogP contribution in [0.2, 0.25) is 0 Å². The molecule has 0 aliphatic carbocycles. The van der Waals surface area contributed by atoms with E-state index >= 15 is 0 Å². The molecular weight excluding hydrogens is 447 g/mol. The number of alkyl halides is 13. The summed E-state index contributed by atoms with van der Waals surface area (Å²) >= 11 is 0. The van der Waals surface area contributed by atoms with Gasteiger partial charge in [0.05, 0.1) is 18.1 Å². The third kappa shape index (κ3) is 5.15. The second kappa shape index (κ2) is 8.04. The minimum Gasteiger partial charge on any atom is -0.374 e. The molecule has 168 valence electrons. The van der Waals surface area contributed by atoms with E-state index in [9.17, 15) is 62.2 Å². The molecule has 29 heavy (non-hydrogen) atoms. The van der Waals surface area contributed by atoms with Gasteiger partial charge in [-0.25, -0.2) is 8.78 Å². The molecular formula is C13H9F13N2O. The first-order valence-electron chi connectivity index (χ1n) is 7.02. The summed E-state index contributed by atoms with van der Waals surface area (Å²) in [6.07, 6.45) is -19.0. The van der Waals surface area contributed by atoms with Crippen LogP contribution in [0.15, 0.2) is 0 Å². The average Bonchev–Trinajstić information content (AvgIpc) is 2.56. The number of hydrogen-bond donors (Lipinski definition) is 1. The van der Waals surface area contributed by atoms with Crippen molar-refractivity contribution in [1.29, 1.82) is 10.5 Å². The zero-order chi connectivity index (χ0) is 23.7. The lowest BCUT2D eigenvalue weighted by molar-refractivity contribution is -0.342. The minimum atomic E-state index is -6.84. The van der Waals surface area contributed by atoms with E-state index in [1.165, 1.54) is 0 Å². The minimum absolute atomic E-state index is 0.508. The Morgan fingerprint density at radius 3 is 1.52 bits per heavy atom. The van der Waals surface area contributed by atoms with Crippen LogP contribution in [0.4, 0.5) is 57.1 Å². The van der Waals surface area contributed by atoms with Crippen LogP contribution in [0.25, 0.3) is 0 Å². The topological polar surface area (TPSA) is 67.8 Å². The summed E-state index contributed by atoms with van der Waals surface area (Å²) in [6, 6.07) is 1.04. The number of aliphatic hydroxyl groups is 1. The molecule has 0 bridgehead atoms. The van der Waals surface area contributed by atoms with Crippen molar-refractivity contribution in [2.45, 2.75) is 61.2 Å². The van der Waals surface area contributed by atoms with E-state index in [0.717, 1.165) is 0 Å². The van der Waals surface area contributed by atoms with Gasteiger partial charge in [-0.2, -0.15) is 58.8 Å². The maximum Gasteiger partial charge on any atom is 0.453 e. The second-order valence-electron chi connectivity index (χ2n) is 5.83. The SMILES string of the molecule is N#CC(CC(F)(F)C(F)(F)C(F)(F)C(F)F)C(O)(C#N)CCC(F)(F)C(F)(F)F. The lowest BCUT2D eigenvalue weighted by atomic mass is 9.79. The van der Waals surface area contributed by atoms with Gasteiger partial charge in [-0.3, -0.25) is 0 Å². The van der Waals surface area contributed by atoms with Gasteiger partial charge in [0.25, 0.3) is 0 Å². The van der Waals surface area contributed by atoms with E-state index in [2.05, 4.69) is 0 Å². The molecule has 0 fully saturated rings. The van der Waals surface area contributed by atoms with Crippen LogP contribution in [0.3, 0.4) is 0 Å². The first-order valence-corrected chi connectivity index (χ1v) is 7.02. The molecule has 0 saturated carbocycles. The van der Waals surface area contributed by atoms with Gasteiger partial charge in [0.2, 0.25) is 0 Å². The van der Waals surface area contributed by atoms with Crippen LogP contribution in [-0.2, 0) is 0 Å². The normalized spacial score (nSPS) is 17.4. The highest BCUT2D eigenvalue weighted by Gasteiger charge is 2.75. The number of nitriles is 2. The van der Waals surface area contributed by atoms with Crippen LogP contribution in [0.5, 0.6) is 0 Å². The van der Waals surface area contributed by atoms with Crippen LogP contribution in [0.1, 0.15) is 19.3 Å². The summed E-state index contributed by atoms with van der Waals surface area (Å²) in [5, 5.41) is 26.9. The fourth-order valence-corrected chi connectivity index (χ4v) is 1.88. The predicted octanol–water partition coefficient (Wildman–Crippen LogP) is 4.92. The summed E-state index contributed by atoms with van der Waals surface area (Å²) < 4.78 is 165. The summed E-state index contributed by atoms with van der Waals surface area (Å²) in [5.74, 6) is -28.5. The van der Waals surface area contributed by atoms with Crippen LogP contribution in [0, 0.1) is 28.6 Å². The van der Waals surface area contributed by atoms with Gasteiger partial charge in [-0.15, -0.1) is 0 Å². The summed E-state index contributed by atoms with van der Waals surface area (Å²) in [5.41, 5.74) is -3.86. The van der Waals surface area contributed by atoms with Gasteiger partial charge in [0.1, 0.15) is 0 Å². The molecule has 2 unspecified atom stereocenters. The van der Waals surface area contributed by atoms with Crippen molar-refractivity contribution in [2.24, 2.45) is 5.92 Å². The van der Waals surface area contributed by atoms with Crippen LogP contribution in [-0.4, -0.2) is 47.0 Å². The van der Waals surface area contributed by atoms with E-state index in [4.69, 9.17) is 10.5 Å². The van der Waals surface area contributed by atoms with Gasteiger partial charge in [-0.05, 0) is 6.42 Å². The Labute approximate surface area is 153 Å².